The minimum Gasteiger partial charge on any atom is -0.378 e. The normalized spacial score (nSPS) is 16.5. The van der Waals surface area contributed by atoms with Crippen LogP contribution in [0.15, 0.2) is 54.7 Å². The second-order valence-electron chi connectivity index (χ2n) is 9.41. The van der Waals surface area contributed by atoms with Crippen molar-refractivity contribution in [1.29, 1.82) is 0 Å². The van der Waals surface area contributed by atoms with Crippen molar-refractivity contribution in [1.82, 2.24) is 25.1 Å². The Morgan fingerprint density at radius 2 is 1.76 bits per heavy atom. The number of hydrogen-bond acceptors (Lipinski definition) is 7. The summed E-state index contributed by atoms with van der Waals surface area (Å²) in [5.41, 5.74) is 2.33. The smallest absolute Gasteiger partial charge is 0.323 e. The largest absolute Gasteiger partial charge is 0.378 e. The highest BCUT2D eigenvalue weighted by Gasteiger charge is 2.24. The Morgan fingerprint density at radius 1 is 1.00 bits per heavy atom. The molecule has 6 rings (SSSR count). The number of carbonyl (C=O) groups is 1. The van der Waals surface area contributed by atoms with Gasteiger partial charge in [-0.1, -0.05) is 12.1 Å². The number of halogens is 1. The molecule has 0 unspecified atom stereocenters. The molecular weight excluding hydrogens is 487 g/mol. The van der Waals surface area contributed by atoms with Crippen molar-refractivity contribution in [3.05, 3.63) is 60.5 Å². The first-order valence-electron chi connectivity index (χ1n) is 12.9. The van der Waals surface area contributed by atoms with Gasteiger partial charge in [0.05, 0.1) is 36.5 Å². The third-order valence-corrected chi connectivity index (χ3v) is 6.92. The lowest BCUT2D eigenvalue weighted by atomic mass is 10.1. The van der Waals surface area contributed by atoms with Crippen molar-refractivity contribution in [2.75, 3.05) is 54.9 Å². The molecule has 2 aliphatic heterocycles. The lowest BCUT2D eigenvalue weighted by molar-refractivity contribution is 0.122. The molecule has 3 N–H and O–H groups in total. The summed E-state index contributed by atoms with van der Waals surface area (Å²) in [5.74, 6) is 0.960. The van der Waals surface area contributed by atoms with Crippen molar-refractivity contribution in [2.45, 2.75) is 18.9 Å². The van der Waals surface area contributed by atoms with Crippen LogP contribution < -0.4 is 20.9 Å². The number of aromatic nitrogens is 4. The molecule has 4 heterocycles. The van der Waals surface area contributed by atoms with Crippen LogP contribution in [-0.4, -0.2) is 65.2 Å². The Balaban J connectivity index is 1.29. The van der Waals surface area contributed by atoms with Gasteiger partial charge in [-0.15, -0.1) is 0 Å². The first kappa shape index (κ1) is 24.3. The van der Waals surface area contributed by atoms with Crippen LogP contribution >= 0.6 is 0 Å². The van der Waals surface area contributed by atoms with Crippen LogP contribution in [0.4, 0.5) is 26.4 Å². The van der Waals surface area contributed by atoms with E-state index in [2.05, 4.69) is 20.9 Å². The van der Waals surface area contributed by atoms with Crippen LogP contribution in [0, 0.1) is 5.82 Å². The fourth-order valence-corrected chi connectivity index (χ4v) is 4.92. The number of ether oxygens (including phenoxy) is 1. The lowest BCUT2D eigenvalue weighted by Gasteiger charge is -2.28. The molecule has 196 valence electrons. The Kier molecular flexibility index (Phi) is 6.84. The van der Waals surface area contributed by atoms with E-state index in [1.807, 2.05) is 23.0 Å². The van der Waals surface area contributed by atoms with Crippen LogP contribution in [0.5, 0.6) is 0 Å². The molecule has 0 atom stereocenters. The number of urea groups is 1. The van der Waals surface area contributed by atoms with Crippen LogP contribution in [0.2, 0.25) is 0 Å². The zero-order valence-electron chi connectivity index (χ0n) is 20.9. The molecule has 11 heteroatoms. The molecule has 0 radical (unpaired) electrons. The van der Waals surface area contributed by atoms with E-state index in [9.17, 15) is 9.18 Å². The molecule has 2 saturated heterocycles. The molecule has 2 amide bonds. The SMILES string of the molecule is O=C(Nc1ccc(-c2nc(N3CCOCC3)c3cnn(C4CCNCC4)c3n2)cc1)Nc1ccccc1F. The zero-order valence-corrected chi connectivity index (χ0v) is 20.9. The molecule has 10 nitrogen and oxygen atoms in total. The molecule has 38 heavy (non-hydrogen) atoms. The average Bonchev–Trinajstić information content (AvgIpc) is 3.39. The van der Waals surface area contributed by atoms with Gasteiger partial charge in [0.25, 0.3) is 0 Å². The highest BCUT2D eigenvalue weighted by molar-refractivity contribution is 6.00. The molecule has 2 aromatic carbocycles. The second kappa shape index (κ2) is 10.7. The maximum absolute atomic E-state index is 13.9. The van der Waals surface area contributed by atoms with Gasteiger partial charge in [0.15, 0.2) is 11.5 Å². The van der Waals surface area contributed by atoms with Gasteiger partial charge in [-0.3, -0.25) is 0 Å². The van der Waals surface area contributed by atoms with Gasteiger partial charge in [0.1, 0.15) is 11.6 Å². The standard InChI is InChI=1S/C27H29FN8O2/c28-22-3-1-2-4-23(22)32-27(37)31-19-7-5-18(6-8-19)24-33-25(35-13-15-38-16-14-35)21-17-30-36(26(21)34-24)20-9-11-29-12-10-20/h1-8,17,20,29H,9-16H2,(H2,31,32,37). The van der Waals surface area contributed by atoms with Gasteiger partial charge in [-0.25, -0.2) is 23.8 Å². The van der Waals surface area contributed by atoms with Crippen molar-refractivity contribution >= 4 is 34.3 Å². The predicted octanol–water partition coefficient (Wildman–Crippen LogP) is 4.04. The first-order valence-corrected chi connectivity index (χ1v) is 12.9. The highest BCUT2D eigenvalue weighted by atomic mass is 19.1. The summed E-state index contributed by atoms with van der Waals surface area (Å²) >= 11 is 0. The maximum Gasteiger partial charge on any atom is 0.323 e. The van der Waals surface area contributed by atoms with Crippen molar-refractivity contribution in [2.24, 2.45) is 0 Å². The third-order valence-electron chi connectivity index (χ3n) is 6.92. The minimum atomic E-state index is -0.527. The number of carbonyl (C=O) groups excluding carboxylic acids is 1. The molecule has 0 saturated carbocycles. The molecular formula is C27H29FN8O2. The van der Waals surface area contributed by atoms with Crippen LogP contribution in [0.1, 0.15) is 18.9 Å². The highest BCUT2D eigenvalue weighted by Crippen LogP contribution is 2.31. The number of nitrogens with one attached hydrogen (secondary N) is 3. The summed E-state index contributed by atoms with van der Waals surface area (Å²) in [6.07, 6.45) is 3.88. The van der Waals surface area contributed by atoms with Gasteiger partial charge < -0.3 is 25.6 Å². The van der Waals surface area contributed by atoms with Crippen molar-refractivity contribution in [3.8, 4) is 11.4 Å². The van der Waals surface area contributed by atoms with Crippen LogP contribution in [-0.2, 0) is 4.74 Å². The van der Waals surface area contributed by atoms with Gasteiger partial charge in [-0.05, 0) is 62.3 Å². The van der Waals surface area contributed by atoms with Gasteiger partial charge >= 0.3 is 6.03 Å². The summed E-state index contributed by atoms with van der Waals surface area (Å²) in [6.45, 7) is 4.73. The Morgan fingerprint density at radius 3 is 2.53 bits per heavy atom. The Hall–Kier alpha value is -4.09. The second-order valence-corrected chi connectivity index (χ2v) is 9.41. The summed E-state index contributed by atoms with van der Waals surface area (Å²) in [6, 6.07) is 13.1. The number of morpholine rings is 1. The van der Waals surface area contributed by atoms with E-state index in [4.69, 9.17) is 19.8 Å². The number of anilines is 3. The molecule has 2 aliphatic rings. The van der Waals surface area contributed by atoms with E-state index in [0.717, 1.165) is 61.4 Å². The number of amides is 2. The summed E-state index contributed by atoms with van der Waals surface area (Å²) in [4.78, 5) is 24.5. The third kappa shape index (κ3) is 5.02. The van der Waals surface area contributed by atoms with Crippen molar-refractivity contribution in [3.63, 3.8) is 0 Å². The summed E-state index contributed by atoms with van der Waals surface area (Å²) in [7, 11) is 0. The lowest BCUT2D eigenvalue weighted by Crippen LogP contribution is -2.37. The number of nitrogens with zero attached hydrogens (tertiary/aromatic N) is 5. The summed E-state index contributed by atoms with van der Waals surface area (Å²) in [5, 5.41) is 14.4. The predicted molar refractivity (Wildman–Crippen MR) is 144 cm³/mol. The van der Waals surface area contributed by atoms with E-state index in [1.165, 1.54) is 12.1 Å². The number of hydrogen-bond donors (Lipinski definition) is 3. The fourth-order valence-electron chi connectivity index (χ4n) is 4.92. The van der Waals surface area contributed by atoms with Crippen LogP contribution in [0.3, 0.4) is 0 Å². The number of para-hydroxylation sites is 1. The maximum atomic E-state index is 13.9. The fraction of sp³-hybridized carbons (Fsp3) is 0.333. The van der Waals surface area contributed by atoms with E-state index >= 15 is 0 Å². The quantitative estimate of drug-likeness (QED) is 0.367. The molecule has 0 aliphatic carbocycles. The molecule has 2 fully saturated rings. The summed E-state index contributed by atoms with van der Waals surface area (Å²) < 4.78 is 21.5. The number of piperidine rings is 1. The van der Waals surface area contributed by atoms with E-state index in [0.29, 0.717) is 24.7 Å². The molecule has 0 bridgehead atoms. The van der Waals surface area contributed by atoms with Gasteiger partial charge in [0.2, 0.25) is 0 Å². The first-order chi connectivity index (χ1) is 18.7. The van der Waals surface area contributed by atoms with Crippen LogP contribution in [0.25, 0.3) is 22.4 Å². The monoisotopic (exact) mass is 516 g/mol. The Bertz CT molecular complexity index is 1430. The molecule has 4 aromatic rings. The van der Waals surface area contributed by atoms with E-state index in [1.54, 1.807) is 24.3 Å². The zero-order chi connectivity index (χ0) is 25.9. The van der Waals surface area contributed by atoms with Gasteiger partial charge in [0, 0.05) is 24.3 Å². The average molecular weight is 517 g/mol. The Labute approximate surface area is 219 Å². The molecule has 0 spiro atoms. The number of benzene rings is 2. The van der Waals surface area contributed by atoms with E-state index in [-0.39, 0.29) is 11.7 Å². The molecule has 2 aromatic heterocycles. The van der Waals surface area contributed by atoms with Crippen molar-refractivity contribution < 1.29 is 13.9 Å². The van der Waals surface area contributed by atoms with E-state index < -0.39 is 11.8 Å². The minimum absolute atomic E-state index is 0.115. The topological polar surface area (TPSA) is 109 Å². The van der Waals surface area contributed by atoms with Gasteiger partial charge in [-0.2, -0.15) is 5.10 Å². The number of rotatable bonds is 5. The number of fused-ring (bicyclic) bond motifs is 1.